The Morgan fingerprint density at radius 3 is 2.58 bits per heavy atom. The first-order valence-electron chi connectivity index (χ1n) is 10.00. The Labute approximate surface area is 157 Å². The highest BCUT2D eigenvalue weighted by molar-refractivity contribution is 5.67. The molecule has 0 aromatic heterocycles. The first-order valence-corrected chi connectivity index (χ1v) is 10.00. The minimum atomic E-state index is -0.753. The fourth-order valence-electron chi connectivity index (χ4n) is 4.40. The van der Waals surface area contributed by atoms with Crippen LogP contribution in [0.5, 0.6) is 5.75 Å². The molecular weight excluding hydrogens is 324 g/mol. The molecule has 142 valence electrons. The SMILES string of the molecule is CC1(C)C=CC2(CCCC(COc3ccc(CCC(=O)O)cc3)C2)CC1. The second-order valence-electron chi connectivity index (χ2n) is 9.00. The summed E-state index contributed by atoms with van der Waals surface area (Å²) in [5.74, 6) is 0.766. The van der Waals surface area contributed by atoms with E-state index in [0.29, 0.717) is 23.2 Å². The molecule has 0 aliphatic heterocycles. The molecule has 0 amide bonds. The van der Waals surface area contributed by atoms with Crippen LogP contribution in [0.2, 0.25) is 0 Å². The van der Waals surface area contributed by atoms with Gasteiger partial charge in [-0.3, -0.25) is 4.79 Å². The molecule has 2 unspecified atom stereocenters. The van der Waals surface area contributed by atoms with Crippen LogP contribution in [-0.2, 0) is 11.2 Å². The Morgan fingerprint density at radius 1 is 1.15 bits per heavy atom. The Bertz CT molecular complexity index is 644. The van der Waals surface area contributed by atoms with Crippen molar-refractivity contribution >= 4 is 5.97 Å². The van der Waals surface area contributed by atoms with Crippen LogP contribution < -0.4 is 4.74 Å². The summed E-state index contributed by atoms with van der Waals surface area (Å²) in [5, 5.41) is 8.76. The summed E-state index contributed by atoms with van der Waals surface area (Å²) in [5.41, 5.74) is 1.81. The highest BCUT2D eigenvalue weighted by atomic mass is 16.5. The third kappa shape index (κ3) is 5.12. The van der Waals surface area contributed by atoms with Crippen LogP contribution in [0.15, 0.2) is 36.4 Å². The van der Waals surface area contributed by atoms with E-state index in [-0.39, 0.29) is 6.42 Å². The Morgan fingerprint density at radius 2 is 1.92 bits per heavy atom. The molecule has 1 aromatic carbocycles. The molecule has 2 aliphatic rings. The molecule has 26 heavy (non-hydrogen) atoms. The van der Waals surface area contributed by atoms with Crippen molar-refractivity contribution in [2.45, 2.75) is 65.2 Å². The van der Waals surface area contributed by atoms with Gasteiger partial charge in [-0.1, -0.05) is 44.6 Å². The van der Waals surface area contributed by atoms with E-state index < -0.39 is 5.97 Å². The number of allylic oxidation sites excluding steroid dienone is 2. The zero-order chi connectivity index (χ0) is 18.6. The number of hydrogen-bond acceptors (Lipinski definition) is 2. The van der Waals surface area contributed by atoms with Crippen LogP contribution in [0.4, 0.5) is 0 Å². The first-order chi connectivity index (χ1) is 12.4. The number of carboxylic acids is 1. The molecule has 1 fully saturated rings. The van der Waals surface area contributed by atoms with E-state index >= 15 is 0 Å². The van der Waals surface area contributed by atoms with E-state index in [1.807, 2.05) is 24.3 Å². The second-order valence-corrected chi connectivity index (χ2v) is 9.00. The lowest BCUT2D eigenvalue weighted by Crippen LogP contribution is -2.33. The van der Waals surface area contributed by atoms with E-state index in [2.05, 4.69) is 26.0 Å². The molecule has 1 saturated carbocycles. The van der Waals surface area contributed by atoms with E-state index in [1.165, 1.54) is 38.5 Å². The molecule has 0 heterocycles. The number of carboxylic acid groups (broad SMARTS) is 1. The quantitative estimate of drug-likeness (QED) is 0.671. The monoisotopic (exact) mass is 356 g/mol. The predicted molar refractivity (Wildman–Crippen MR) is 104 cm³/mol. The summed E-state index contributed by atoms with van der Waals surface area (Å²) in [6.07, 6.45) is 13.4. The molecule has 0 bridgehead atoms. The Kier molecular flexibility index (Phi) is 5.74. The van der Waals surface area contributed by atoms with Crippen molar-refractivity contribution in [1.82, 2.24) is 0 Å². The maximum atomic E-state index is 10.7. The van der Waals surface area contributed by atoms with Gasteiger partial charge in [-0.05, 0) is 73.0 Å². The molecule has 3 rings (SSSR count). The largest absolute Gasteiger partial charge is 0.493 e. The van der Waals surface area contributed by atoms with Gasteiger partial charge < -0.3 is 9.84 Å². The number of carbonyl (C=O) groups is 1. The predicted octanol–water partition coefficient (Wildman–Crippen LogP) is 5.64. The molecule has 1 N–H and O–H groups in total. The number of benzene rings is 1. The Hall–Kier alpha value is -1.77. The lowest BCUT2D eigenvalue weighted by molar-refractivity contribution is -0.136. The molecular formula is C23H32O3. The van der Waals surface area contributed by atoms with Crippen molar-refractivity contribution in [2.24, 2.45) is 16.7 Å². The van der Waals surface area contributed by atoms with Gasteiger partial charge in [0, 0.05) is 6.42 Å². The lowest BCUT2D eigenvalue weighted by atomic mass is 9.62. The van der Waals surface area contributed by atoms with Gasteiger partial charge in [-0.25, -0.2) is 0 Å². The highest BCUT2D eigenvalue weighted by Crippen LogP contribution is 2.49. The van der Waals surface area contributed by atoms with Crippen LogP contribution in [-0.4, -0.2) is 17.7 Å². The van der Waals surface area contributed by atoms with Gasteiger partial charge in [0.2, 0.25) is 0 Å². The average Bonchev–Trinajstić information content (AvgIpc) is 2.62. The van der Waals surface area contributed by atoms with Crippen molar-refractivity contribution in [2.75, 3.05) is 6.61 Å². The third-order valence-corrected chi connectivity index (χ3v) is 6.17. The standard InChI is InChI=1S/C23H32O3/c1-22(2)12-14-23(15-13-22)11-3-4-19(16-23)17-26-20-8-5-18(6-9-20)7-10-21(24)25/h5-6,8-9,12,14,19H,3-4,7,10-11,13,15-17H2,1-2H3,(H,24,25). The topological polar surface area (TPSA) is 46.5 Å². The third-order valence-electron chi connectivity index (χ3n) is 6.17. The zero-order valence-corrected chi connectivity index (χ0v) is 16.2. The van der Waals surface area contributed by atoms with Gasteiger partial charge >= 0.3 is 5.97 Å². The maximum Gasteiger partial charge on any atom is 0.303 e. The number of hydrogen-bond donors (Lipinski definition) is 1. The summed E-state index contributed by atoms with van der Waals surface area (Å²) in [7, 11) is 0. The van der Waals surface area contributed by atoms with Crippen molar-refractivity contribution in [3.63, 3.8) is 0 Å². The van der Waals surface area contributed by atoms with Crippen LogP contribution in [0.1, 0.15) is 64.4 Å². The number of aliphatic carboxylic acids is 1. The molecule has 0 saturated heterocycles. The molecule has 1 aromatic rings. The number of aryl methyl sites for hydroxylation is 1. The van der Waals surface area contributed by atoms with Crippen LogP contribution in [0, 0.1) is 16.7 Å². The van der Waals surface area contributed by atoms with Gasteiger partial charge in [-0.2, -0.15) is 0 Å². The van der Waals surface area contributed by atoms with E-state index in [9.17, 15) is 4.79 Å². The van der Waals surface area contributed by atoms with Crippen molar-refractivity contribution in [3.8, 4) is 5.75 Å². The van der Waals surface area contributed by atoms with Gasteiger partial charge in [0.05, 0.1) is 6.61 Å². The lowest BCUT2D eigenvalue weighted by Gasteiger charge is -2.44. The van der Waals surface area contributed by atoms with E-state index in [0.717, 1.165) is 17.9 Å². The average molecular weight is 357 g/mol. The summed E-state index contributed by atoms with van der Waals surface area (Å²) in [6.45, 7) is 5.45. The molecule has 2 atom stereocenters. The second kappa shape index (κ2) is 7.85. The minimum absolute atomic E-state index is 0.175. The summed E-state index contributed by atoms with van der Waals surface area (Å²) in [4.78, 5) is 10.7. The minimum Gasteiger partial charge on any atom is -0.493 e. The van der Waals surface area contributed by atoms with Crippen LogP contribution >= 0.6 is 0 Å². The summed E-state index contributed by atoms with van der Waals surface area (Å²) in [6, 6.07) is 7.90. The molecule has 2 aliphatic carbocycles. The van der Waals surface area contributed by atoms with E-state index in [1.54, 1.807) is 0 Å². The fourth-order valence-corrected chi connectivity index (χ4v) is 4.40. The molecule has 3 heteroatoms. The number of rotatable bonds is 6. The van der Waals surface area contributed by atoms with Gasteiger partial charge in [0.15, 0.2) is 0 Å². The fraction of sp³-hybridized carbons (Fsp3) is 0.609. The molecule has 3 nitrogen and oxygen atoms in total. The van der Waals surface area contributed by atoms with Crippen molar-refractivity contribution in [3.05, 3.63) is 42.0 Å². The molecule has 0 radical (unpaired) electrons. The maximum absolute atomic E-state index is 10.7. The van der Waals surface area contributed by atoms with Gasteiger partial charge in [0.25, 0.3) is 0 Å². The van der Waals surface area contributed by atoms with E-state index in [4.69, 9.17) is 9.84 Å². The normalized spacial score (nSPS) is 27.4. The smallest absolute Gasteiger partial charge is 0.303 e. The number of ether oxygens (including phenoxy) is 1. The van der Waals surface area contributed by atoms with Gasteiger partial charge in [-0.15, -0.1) is 0 Å². The highest BCUT2D eigenvalue weighted by Gasteiger charge is 2.38. The Balaban J connectivity index is 1.51. The van der Waals surface area contributed by atoms with Crippen molar-refractivity contribution < 1.29 is 14.6 Å². The van der Waals surface area contributed by atoms with Crippen LogP contribution in [0.25, 0.3) is 0 Å². The van der Waals surface area contributed by atoms with Crippen LogP contribution in [0.3, 0.4) is 0 Å². The van der Waals surface area contributed by atoms with Crippen molar-refractivity contribution in [1.29, 1.82) is 0 Å². The first kappa shape index (κ1) is 19.0. The molecule has 1 spiro atoms. The zero-order valence-electron chi connectivity index (χ0n) is 16.2. The summed E-state index contributed by atoms with van der Waals surface area (Å²) >= 11 is 0. The summed E-state index contributed by atoms with van der Waals surface area (Å²) < 4.78 is 6.06. The van der Waals surface area contributed by atoms with Gasteiger partial charge in [0.1, 0.15) is 5.75 Å².